The monoisotopic (exact) mass is 1120 g/mol. The molecule has 0 spiro atoms. The number of fused-ring (bicyclic) bond motifs is 2. The molecule has 3 aliphatic rings. The van der Waals surface area contributed by atoms with Crippen molar-refractivity contribution in [1.82, 2.24) is 36.4 Å². The molecule has 82 heavy (non-hydrogen) atoms. The minimum absolute atomic E-state index is 0.00993. The van der Waals surface area contributed by atoms with Crippen LogP contribution < -0.4 is 37.1 Å². The van der Waals surface area contributed by atoms with Crippen LogP contribution >= 0.6 is 0 Å². The number of unbranched alkanes of at least 4 members (excludes halogenated alkanes) is 2. The van der Waals surface area contributed by atoms with E-state index in [2.05, 4.69) is 33.5 Å². The van der Waals surface area contributed by atoms with Gasteiger partial charge in [-0.3, -0.25) is 33.6 Å². The fourth-order valence-corrected chi connectivity index (χ4v) is 10.6. The summed E-state index contributed by atoms with van der Waals surface area (Å²) < 4.78 is 5.87. The summed E-state index contributed by atoms with van der Waals surface area (Å²) >= 11 is 0. The Morgan fingerprint density at radius 2 is 1.23 bits per heavy atom. The number of aryl methyl sites for hydroxylation is 1. The molecular formula is C62H74N8O12. The number of nitrogens with one attached hydrogen (secondary N) is 5. The summed E-state index contributed by atoms with van der Waals surface area (Å²) in [5, 5.41) is 55.8. The van der Waals surface area contributed by atoms with Gasteiger partial charge in [0, 0.05) is 44.1 Å². The number of phenolic OH excluding ortho intramolecular Hbond substituents is 2. The van der Waals surface area contributed by atoms with E-state index in [1.54, 1.807) is 48.5 Å². The lowest BCUT2D eigenvalue weighted by atomic mass is 9.99. The van der Waals surface area contributed by atoms with Crippen molar-refractivity contribution in [2.45, 2.75) is 133 Å². The number of amides is 7. The van der Waals surface area contributed by atoms with E-state index in [4.69, 9.17) is 10.5 Å². The van der Waals surface area contributed by atoms with Crippen LogP contribution in [0.25, 0.3) is 22.3 Å². The van der Waals surface area contributed by atoms with Gasteiger partial charge in [-0.2, -0.15) is 0 Å². The predicted molar refractivity (Wildman–Crippen MR) is 306 cm³/mol. The maximum Gasteiger partial charge on any atom is 0.251 e. The van der Waals surface area contributed by atoms with Gasteiger partial charge < -0.3 is 67.3 Å². The number of aromatic hydroxyl groups is 2. The van der Waals surface area contributed by atoms with Crippen LogP contribution in [0.4, 0.5) is 0 Å². The van der Waals surface area contributed by atoms with E-state index in [1.165, 1.54) is 36.1 Å². The Bertz CT molecular complexity index is 3010. The number of ether oxygens (including phenoxy) is 1. The molecule has 6 unspecified atom stereocenters. The molecule has 5 aromatic carbocycles. The van der Waals surface area contributed by atoms with Crippen LogP contribution in [0.5, 0.6) is 17.2 Å². The van der Waals surface area contributed by atoms with Gasteiger partial charge in [-0.05, 0) is 127 Å². The maximum atomic E-state index is 14.8. The van der Waals surface area contributed by atoms with Gasteiger partial charge in [-0.15, -0.1) is 0 Å². The summed E-state index contributed by atoms with van der Waals surface area (Å²) in [6.45, 7) is 3.66. The molecule has 0 aliphatic carbocycles. The highest BCUT2D eigenvalue weighted by molar-refractivity contribution is 6.00. The summed E-state index contributed by atoms with van der Waals surface area (Å²) in [6, 6.07) is 26.2. The third-order valence-electron chi connectivity index (χ3n) is 15.3. The minimum atomic E-state index is -1.68. The fourth-order valence-electron chi connectivity index (χ4n) is 10.6. The quantitative estimate of drug-likeness (QED) is 0.0672. The van der Waals surface area contributed by atoms with Crippen LogP contribution in [0.1, 0.15) is 86.7 Å². The maximum absolute atomic E-state index is 14.8. The first kappa shape index (κ1) is 59.8. The van der Waals surface area contributed by atoms with Crippen molar-refractivity contribution < 1.29 is 58.7 Å². The lowest BCUT2D eigenvalue weighted by molar-refractivity contribution is -0.145. The van der Waals surface area contributed by atoms with Crippen molar-refractivity contribution in [2.75, 3.05) is 26.2 Å². The molecule has 5 aromatic rings. The third-order valence-corrected chi connectivity index (χ3v) is 15.3. The van der Waals surface area contributed by atoms with Gasteiger partial charge in [0.2, 0.25) is 35.4 Å². The number of rotatable bonds is 15. The standard InChI is InChI=1S/C62H74N8O12/c1-3-4-5-31-82-49-27-21-43(22-28-49)41-15-13-40(14-16-41)42-17-19-44(20-18-42)56(75)65-50-7-6-30-64-59(78)53-33-45(63)35-69(53)61(80)52(32-39-10-25-47(73)26-11-39)67-57(76)51(29-12-38-8-23-46(72)24-9-38)66-60(79)54-34-48(74)36-70(54)62(81)55(37(2)71)68-58(50)77/h8-11,13-28,37,45,48,50-55,71-74H,3-7,12,29-36,63H2,1-2H3,(H,64,78)(H,65,75)(H,66,79)(H,67,76)(H,68,77)/t37-,45?,48-,50?,51?,52+,53?,54?,55?/m1/s1. The zero-order chi connectivity index (χ0) is 58.5. The Morgan fingerprint density at radius 1 is 0.671 bits per heavy atom. The summed E-state index contributed by atoms with van der Waals surface area (Å²) in [7, 11) is 0. The number of hydrogen-bond donors (Lipinski definition) is 10. The van der Waals surface area contributed by atoms with Crippen LogP contribution in [-0.4, -0.2) is 152 Å². The van der Waals surface area contributed by atoms with Gasteiger partial charge in [0.05, 0.1) is 18.8 Å². The van der Waals surface area contributed by atoms with Crippen molar-refractivity contribution in [3.05, 3.63) is 138 Å². The molecular weight excluding hydrogens is 1050 g/mol. The lowest BCUT2D eigenvalue weighted by Crippen LogP contribution is -2.61. The first-order valence-corrected chi connectivity index (χ1v) is 28.2. The van der Waals surface area contributed by atoms with Crippen LogP contribution in [0.15, 0.2) is 121 Å². The number of carbonyl (C=O) groups is 7. The van der Waals surface area contributed by atoms with Gasteiger partial charge in [0.15, 0.2) is 0 Å². The molecule has 7 amide bonds. The van der Waals surface area contributed by atoms with E-state index in [0.29, 0.717) is 17.7 Å². The van der Waals surface area contributed by atoms with Crippen molar-refractivity contribution in [1.29, 1.82) is 0 Å². The average Bonchev–Trinajstić information content (AvgIpc) is 4.19. The normalized spacial score (nSPS) is 23.5. The van der Waals surface area contributed by atoms with Crippen molar-refractivity contribution >= 4 is 41.4 Å². The van der Waals surface area contributed by atoms with E-state index >= 15 is 0 Å². The van der Waals surface area contributed by atoms with E-state index in [1.807, 2.05) is 48.5 Å². The second-order valence-corrected chi connectivity index (χ2v) is 21.5. The zero-order valence-electron chi connectivity index (χ0n) is 46.2. The Morgan fingerprint density at radius 3 is 1.84 bits per heavy atom. The third kappa shape index (κ3) is 15.6. The van der Waals surface area contributed by atoms with E-state index in [9.17, 15) is 54.0 Å². The van der Waals surface area contributed by atoms with E-state index in [-0.39, 0.29) is 81.6 Å². The van der Waals surface area contributed by atoms with Gasteiger partial charge in [0.1, 0.15) is 53.5 Å². The van der Waals surface area contributed by atoms with Gasteiger partial charge in [-0.1, -0.05) is 92.6 Å². The molecule has 3 fully saturated rings. The number of phenols is 2. The molecule has 3 aliphatic heterocycles. The Kier molecular flexibility index (Phi) is 20.3. The predicted octanol–water partition coefficient (Wildman–Crippen LogP) is 3.61. The molecule has 20 nitrogen and oxygen atoms in total. The number of nitrogens with zero attached hydrogens (tertiary/aromatic N) is 2. The molecule has 11 N–H and O–H groups in total. The largest absolute Gasteiger partial charge is 0.508 e. The number of nitrogens with two attached hydrogens (primary N) is 1. The molecule has 0 saturated carbocycles. The van der Waals surface area contributed by atoms with Gasteiger partial charge in [-0.25, -0.2) is 0 Å². The number of benzene rings is 5. The molecule has 0 aromatic heterocycles. The SMILES string of the molecule is CCCCCOc1ccc(-c2ccc(-c3ccc(C(=O)NC4CCCNC(=O)C5CC(N)CN5C(=O)[C@H](Cc5ccc(O)cc5)NC(=O)C(CCc5ccc(O)cc5)NC(=O)C5C[C@@H](O)CN5C(=O)C([C@@H](C)O)NC4=O)cc3)cc2)cc1. The van der Waals surface area contributed by atoms with Crippen LogP contribution in [0, 0.1) is 0 Å². The number of aliphatic hydroxyl groups is 2. The average molecular weight is 1120 g/mol. The second-order valence-electron chi connectivity index (χ2n) is 21.5. The Labute approximate surface area is 476 Å². The molecule has 3 heterocycles. The summed E-state index contributed by atoms with van der Waals surface area (Å²) in [6.07, 6.45) is 0.356. The van der Waals surface area contributed by atoms with Crippen LogP contribution in [-0.2, 0) is 41.6 Å². The first-order valence-electron chi connectivity index (χ1n) is 28.2. The van der Waals surface area contributed by atoms with Crippen LogP contribution in [0.3, 0.4) is 0 Å². The molecule has 20 heteroatoms. The molecule has 8 rings (SSSR count). The molecule has 3 saturated heterocycles. The van der Waals surface area contributed by atoms with Gasteiger partial charge in [0.25, 0.3) is 5.91 Å². The first-order chi connectivity index (χ1) is 39.4. The molecule has 0 radical (unpaired) electrons. The minimum Gasteiger partial charge on any atom is -0.508 e. The number of aliphatic hydroxyl groups excluding tert-OH is 2. The highest BCUT2D eigenvalue weighted by Gasteiger charge is 2.45. The molecule has 0 bridgehead atoms. The van der Waals surface area contributed by atoms with Crippen LogP contribution in [0.2, 0.25) is 0 Å². The molecule has 434 valence electrons. The van der Waals surface area contributed by atoms with E-state index < -0.39 is 95.9 Å². The molecule has 9 atom stereocenters. The highest BCUT2D eigenvalue weighted by Crippen LogP contribution is 2.28. The summed E-state index contributed by atoms with van der Waals surface area (Å²) in [5.41, 5.74) is 11.6. The number of hydrogen-bond acceptors (Lipinski definition) is 13. The zero-order valence-corrected chi connectivity index (χ0v) is 46.2. The van der Waals surface area contributed by atoms with Crippen molar-refractivity contribution in [3.8, 4) is 39.5 Å². The lowest BCUT2D eigenvalue weighted by Gasteiger charge is -2.32. The van der Waals surface area contributed by atoms with Crippen molar-refractivity contribution in [2.24, 2.45) is 5.73 Å². The Hall–Kier alpha value is -8.33. The van der Waals surface area contributed by atoms with E-state index in [0.717, 1.165) is 52.2 Å². The highest BCUT2D eigenvalue weighted by atomic mass is 16.5. The fraction of sp³-hybridized carbons (Fsp3) is 0.403. The summed E-state index contributed by atoms with van der Waals surface area (Å²) in [4.78, 5) is 103. The van der Waals surface area contributed by atoms with Gasteiger partial charge >= 0.3 is 0 Å². The number of carbonyl (C=O) groups excluding carboxylic acids is 7. The van der Waals surface area contributed by atoms with Crippen molar-refractivity contribution in [3.63, 3.8) is 0 Å². The topological polar surface area (TPSA) is 302 Å². The second kappa shape index (κ2) is 27.9. The summed E-state index contributed by atoms with van der Waals surface area (Å²) in [5.74, 6) is -4.45. The Balaban J connectivity index is 1.04. The smallest absolute Gasteiger partial charge is 0.251 e.